The van der Waals surface area contributed by atoms with Crippen LogP contribution in [0.3, 0.4) is 0 Å². The summed E-state index contributed by atoms with van der Waals surface area (Å²) in [7, 11) is 4.00. The van der Waals surface area contributed by atoms with Gasteiger partial charge >= 0.3 is 12.1 Å². The number of halogens is 1. The highest BCUT2D eigenvalue weighted by Gasteiger charge is 2.29. The van der Waals surface area contributed by atoms with Crippen LogP contribution in [0.15, 0.2) is 10.5 Å². The zero-order valence-corrected chi connectivity index (χ0v) is 15.4. The highest BCUT2D eigenvalue weighted by atomic mass is 79.9. The van der Waals surface area contributed by atoms with E-state index in [2.05, 4.69) is 15.9 Å². The van der Waals surface area contributed by atoms with Crippen molar-refractivity contribution in [3.8, 4) is 17.2 Å². The lowest BCUT2D eigenvalue weighted by Gasteiger charge is -2.20. The van der Waals surface area contributed by atoms with Crippen LogP contribution >= 0.6 is 15.9 Å². The van der Waals surface area contributed by atoms with Crippen molar-refractivity contribution in [1.29, 1.82) is 0 Å². The Morgan fingerprint density at radius 1 is 1.04 bits per heavy atom. The molecule has 0 aromatic heterocycles. The molecule has 1 rings (SSSR count). The van der Waals surface area contributed by atoms with E-state index in [-0.39, 0.29) is 21.5 Å². The van der Waals surface area contributed by atoms with Gasteiger partial charge in [-0.1, -0.05) is 0 Å². The second-order valence-corrected chi connectivity index (χ2v) is 6.15. The number of benzene rings is 1. The fourth-order valence-corrected chi connectivity index (χ4v) is 2.20. The smallest absolute Gasteiger partial charge is 0.496 e. The Kier molecular flexibility index (Phi) is 6.26. The summed E-state index contributed by atoms with van der Waals surface area (Å²) in [6.45, 7) is 5.07. The van der Waals surface area contributed by atoms with E-state index in [1.807, 2.05) is 0 Å². The third kappa shape index (κ3) is 4.75. The van der Waals surface area contributed by atoms with Crippen molar-refractivity contribution in [3.05, 3.63) is 16.1 Å². The molecular formula is C15H19BrO7. The maximum absolute atomic E-state index is 12.0. The molecule has 0 radical (unpaired) electrons. The van der Waals surface area contributed by atoms with Crippen LogP contribution in [-0.4, -0.2) is 39.1 Å². The van der Waals surface area contributed by atoms with Gasteiger partial charge in [-0.2, -0.15) is 0 Å². The first-order valence-electron chi connectivity index (χ1n) is 6.58. The quantitative estimate of drug-likeness (QED) is 0.573. The molecule has 0 heterocycles. The van der Waals surface area contributed by atoms with Gasteiger partial charge in [0.2, 0.25) is 0 Å². The minimum absolute atomic E-state index is 0.0615. The first-order chi connectivity index (χ1) is 10.6. The van der Waals surface area contributed by atoms with Crippen LogP contribution in [0.1, 0.15) is 31.1 Å². The molecule has 1 aromatic carbocycles. The molecule has 0 unspecified atom stereocenters. The number of esters is 1. The summed E-state index contributed by atoms with van der Waals surface area (Å²) < 4.78 is 25.6. The molecule has 7 nitrogen and oxygen atoms in total. The second kappa shape index (κ2) is 7.54. The number of ether oxygens (including phenoxy) is 5. The topological polar surface area (TPSA) is 80.3 Å². The van der Waals surface area contributed by atoms with Crippen LogP contribution in [0.4, 0.5) is 4.79 Å². The summed E-state index contributed by atoms with van der Waals surface area (Å²) in [6, 6.07) is 1.47. The number of methoxy groups -OCH3 is 3. The van der Waals surface area contributed by atoms with Gasteiger partial charge < -0.3 is 23.7 Å². The summed E-state index contributed by atoms with van der Waals surface area (Å²) >= 11 is 3.24. The van der Waals surface area contributed by atoms with Crippen LogP contribution in [0.2, 0.25) is 0 Å². The Hall–Kier alpha value is -1.96. The van der Waals surface area contributed by atoms with Gasteiger partial charge in [0, 0.05) is 6.07 Å². The molecule has 128 valence electrons. The number of rotatable bonds is 4. The predicted molar refractivity (Wildman–Crippen MR) is 85.4 cm³/mol. The summed E-state index contributed by atoms with van der Waals surface area (Å²) in [5.41, 5.74) is -0.814. The predicted octanol–water partition coefficient (Wildman–Crippen LogP) is 3.57. The van der Waals surface area contributed by atoms with E-state index >= 15 is 0 Å². The lowest BCUT2D eigenvalue weighted by Crippen LogP contribution is -2.26. The summed E-state index contributed by atoms with van der Waals surface area (Å²) in [5, 5.41) is 0. The minimum Gasteiger partial charge on any atom is -0.496 e. The molecule has 0 saturated carbocycles. The molecule has 23 heavy (non-hydrogen) atoms. The fraction of sp³-hybridized carbons (Fsp3) is 0.467. The molecule has 0 aliphatic rings. The van der Waals surface area contributed by atoms with Gasteiger partial charge in [-0.3, -0.25) is 0 Å². The Bertz CT molecular complexity index is 605. The van der Waals surface area contributed by atoms with E-state index in [0.717, 1.165) is 0 Å². The van der Waals surface area contributed by atoms with E-state index in [1.165, 1.54) is 27.4 Å². The zero-order chi connectivity index (χ0) is 17.8. The summed E-state index contributed by atoms with van der Waals surface area (Å²) in [4.78, 5) is 24.0. The van der Waals surface area contributed by atoms with Crippen LogP contribution < -0.4 is 14.2 Å². The van der Waals surface area contributed by atoms with E-state index in [9.17, 15) is 9.59 Å². The van der Waals surface area contributed by atoms with Crippen molar-refractivity contribution in [2.75, 3.05) is 21.3 Å². The van der Waals surface area contributed by atoms with Gasteiger partial charge in [0.15, 0.2) is 5.75 Å². The fourth-order valence-electron chi connectivity index (χ4n) is 1.64. The van der Waals surface area contributed by atoms with Crippen molar-refractivity contribution in [2.45, 2.75) is 26.4 Å². The number of hydrogen-bond acceptors (Lipinski definition) is 7. The summed E-state index contributed by atoms with van der Waals surface area (Å²) in [5.74, 6) is -0.394. The normalized spacial score (nSPS) is 10.7. The van der Waals surface area contributed by atoms with Gasteiger partial charge in [-0.15, -0.1) is 0 Å². The van der Waals surface area contributed by atoms with Gasteiger partial charge in [0.05, 0.1) is 21.3 Å². The van der Waals surface area contributed by atoms with Crippen molar-refractivity contribution >= 4 is 28.1 Å². The Balaban J connectivity index is 3.41. The number of carbonyl (C=O) groups excluding carboxylic acids is 2. The maximum Gasteiger partial charge on any atom is 0.514 e. The highest BCUT2D eigenvalue weighted by Crippen LogP contribution is 2.43. The van der Waals surface area contributed by atoms with Gasteiger partial charge in [0.1, 0.15) is 27.1 Å². The number of carbonyl (C=O) groups is 2. The highest BCUT2D eigenvalue weighted by molar-refractivity contribution is 9.10. The first-order valence-corrected chi connectivity index (χ1v) is 7.37. The molecule has 0 N–H and O–H groups in total. The molecular weight excluding hydrogens is 372 g/mol. The maximum atomic E-state index is 12.0. The van der Waals surface area contributed by atoms with E-state index in [4.69, 9.17) is 23.7 Å². The largest absolute Gasteiger partial charge is 0.514 e. The monoisotopic (exact) mass is 390 g/mol. The van der Waals surface area contributed by atoms with Crippen molar-refractivity contribution in [2.24, 2.45) is 0 Å². The third-order valence-electron chi connectivity index (χ3n) is 2.56. The molecule has 0 fully saturated rings. The lowest BCUT2D eigenvalue weighted by molar-refractivity contribution is 0.0201. The van der Waals surface area contributed by atoms with Crippen LogP contribution in [0.5, 0.6) is 17.2 Å². The lowest BCUT2D eigenvalue weighted by atomic mass is 10.1. The molecule has 0 spiro atoms. The average molecular weight is 391 g/mol. The third-order valence-corrected chi connectivity index (χ3v) is 3.31. The molecule has 1 aromatic rings. The van der Waals surface area contributed by atoms with E-state index < -0.39 is 17.7 Å². The van der Waals surface area contributed by atoms with Crippen LogP contribution in [-0.2, 0) is 9.47 Å². The summed E-state index contributed by atoms with van der Waals surface area (Å²) in [6.07, 6.45) is -0.973. The standard InChI is InChI=1S/C15H19BrO7/c1-15(2,3)23-14(18)22-12-10(13(17)21-6)8(19-4)7-9(20-5)11(12)16/h7H,1-6H3. The van der Waals surface area contributed by atoms with Crippen LogP contribution in [0.25, 0.3) is 0 Å². The van der Waals surface area contributed by atoms with E-state index in [1.54, 1.807) is 20.8 Å². The molecule has 0 amide bonds. The SMILES string of the molecule is COC(=O)c1c(OC)cc(OC)c(Br)c1OC(=O)OC(C)(C)C. The number of hydrogen-bond donors (Lipinski definition) is 0. The molecule has 8 heteroatoms. The zero-order valence-electron chi connectivity index (χ0n) is 13.8. The molecule has 0 bridgehead atoms. The molecule has 0 aliphatic heterocycles. The Morgan fingerprint density at radius 3 is 2.04 bits per heavy atom. The first kappa shape index (κ1) is 19.1. The van der Waals surface area contributed by atoms with Crippen LogP contribution in [0, 0.1) is 0 Å². The van der Waals surface area contributed by atoms with Crippen molar-refractivity contribution < 1.29 is 33.3 Å². The van der Waals surface area contributed by atoms with Gasteiger partial charge in [-0.25, -0.2) is 9.59 Å². The minimum atomic E-state index is -0.973. The molecule has 0 aliphatic carbocycles. The molecule has 0 atom stereocenters. The molecule has 0 saturated heterocycles. The van der Waals surface area contributed by atoms with Crippen molar-refractivity contribution in [3.63, 3.8) is 0 Å². The Labute approximate surface area is 142 Å². The Morgan fingerprint density at radius 2 is 1.61 bits per heavy atom. The van der Waals surface area contributed by atoms with E-state index in [0.29, 0.717) is 5.75 Å². The van der Waals surface area contributed by atoms with Gasteiger partial charge in [-0.05, 0) is 36.7 Å². The average Bonchev–Trinajstić information content (AvgIpc) is 2.46. The second-order valence-electron chi connectivity index (χ2n) is 5.36. The van der Waals surface area contributed by atoms with Gasteiger partial charge in [0.25, 0.3) is 0 Å². The van der Waals surface area contributed by atoms with Crippen molar-refractivity contribution in [1.82, 2.24) is 0 Å².